The molecule has 0 aliphatic carbocycles. The quantitative estimate of drug-likeness (QED) is 0.497. The molecule has 0 saturated carbocycles. The van der Waals surface area contributed by atoms with Crippen molar-refractivity contribution in [3.63, 3.8) is 0 Å². The van der Waals surface area contributed by atoms with Crippen molar-refractivity contribution < 1.29 is 19.4 Å². The van der Waals surface area contributed by atoms with Gasteiger partial charge in [-0.3, -0.25) is 29.4 Å². The van der Waals surface area contributed by atoms with Crippen LogP contribution >= 0.6 is 0 Å². The maximum Gasteiger partial charge on any atom is 0.280 e. The molecule has 3 aromatic rings. The van der Waals surface area contributed by atoms with Crippen LogP contribution in [-0.2, 0) is 20.9 Å². The first kappa shape index (κ1) is 22.1. The normalized spacial score (nSPS) is 23.2. The summed E-state index contributed by atoms with van der Waals surface area (Å²) in [7, 11) is 0. The fourth-order valence-electron chi connectivity index (χ4n) is 3.56. The highest BCUT2D eigenvalue weighted by atomic mass is 16.6. The Morgan fingerprint density at radius 1 is 1.38 bits per heavy atom. The van der Waals surface area contributed by atoms with Crippen LogP contribution in [0.15, 0.2) is 35.5 Å². The molecule has 1 amide bonds. The van der Waals surface area contributed by atoms with Crippen molar-refractivity contribution >= 4 is 23.0 Å². The van der Waals surface area contributed by atoms with E-state index < -0.39 is 30.1 Å². The highest BCUT2D eigenvalue weighted by molar-refractivity contribution is 5.91. The van der Waals surface area contributed by atoms with E-state index in [1.54, 1.807) is 24.6 Å². The lowest BCUT2D eigenvalue weighted by Crippen LogP contribution is -2.34. The molecule has 0 aromatic carbocycles. The molecule has 4 rings (SSSR count). The van der Waals surface area contributed by atoms with Gasteiger partial charge in [-0.15, -0.1) is 0 Å². The van der Waals surface area contributed by atoms with Gasteiger partial charge in [0.1, 0.15) is 12.2 Å². The summed E-state index contributed by atoms with van der Waals surface area (Å²) in [4.78, 5) is 39.9. The number of aromatic amines is 1. The predicted octanol–water partition coefficient (Wildman–Crippen LogP) is 1.36. The van der Waals surface area contributed by atoms with Gasteiger partial charge in [0, 0.05) is 12.1 Å². The number of anilines is 1. The second-order valence-corrected chi connectivity index (χ2v) is 7.94. The molecule has 170 valence electrons. The first-order chi connectivity index (χ1) is 15.4. The number of nitrogens with zero attached hydrogens (tertiary/aromatic N) is 4. The fraction of sp³-hybridized carbons (Fsp3) is 0.476. The van der Waals surface area contributed by atoms with Gasteiger partial charge < -0.3 is 14.6 Å². The minimum Gasteiger partial charge on any atom is -0.388 e. The molecular weight excluding hydrogens is 416 g/mol. The van der Waals surface area contributed by atoms with Gasteiger partial charge in [0.2, 0.25) is 11.9 Å². The van der Waals surface area contributed by atoms with Gasteiger partial charge in [0.25, 0.3) is 5.56 Å². The molecule has 1 unspecified atom stereocenters. The van der Waals surface area contributed by atoms with E-state index in [0.717, 1.165) is 0 Å². The second-order valence-electron chi connectivity index (χ2n) is 7.94. The van der Waals surface area contributed by atoms with Crippen LogP contribution < -0.4 is 10.9 Å². The smallest absolute Gasteiger partial charge is 0.280 e. The summed E-state index contributed by atoms with van der Waals surface area (Å²) < 4.78 is 13.6. The minimum atomic E-state index is -0.895. The monoisotopic (exact) mass is 442 g/mol. The third-order valence-corrected chi connectivity index (χ3v) is 5.34. The lowest BCUT2D eigenvalue weighted by atomic mass is 10.1. The number of nitrogens with one attached hydrogen (secondary N) is 2. The number of fused-ring (bicyclic) bond motifs is 1. The lowest BCUT2D eigenvalue weighted by Gasteiger charge is -2.22. The Labute approximate surface area is 183 Å². The zero-order chi connectivity index (χ0) is 22.8. The van der Waals surface area contributed by atoms with Crippen LogP contribution in [-0.4, -0.2) is 53.8 Å². The van der Waals surface area contributed by atoms with E-state index in [1.807, 2.05) is 25.1 Å². The van der Waals surface area contributed by atoms with Crippen LogP contribution in [0.4, 0.5) is 5.95 Å². The molecule has 11 nitrogen and oxygen atoms in total. The van der Waals surface area contributed by atoms with Gasteiger partial charge >= 0.3 is 0 Å². The Morgan fingerprint density at radius 3 is 2.88 bits per heavy atom. The number of carbonyl (C=O) groups excluding carboxylic acids is 1. The van der Waals surface area contributed by atoms with Crippen LogP contribution in [0.3, 0.4) is 0 Å². The summed E-state index contributed by atoms with van der Waals surface area (Å²) in [6, 6.07) is 5.49. The number of ether oxygens (including phenoxy) is 2. The molecule has 11 heteroatoms. The van der Waals surface area contributed by atoms with Crippen LogP contribution in [0.1, 0.15) is 39.1 Å². The molecule has 1 aliphatic heterocycles. The van der Waals surface area contributed by atoms with Gasteiger partial charge in [-0.2, -0.15) is 4.98 Å². The maximum atomic E-state index is 12.5. The second kappa shape index (κ2) is 9.15. The standard InChI is InChI=1S/C21H26N6O5/c1-4-13-15(28)16(31-9-12-7-5-6-8-22-12)20(32-13)27-10-23-14-17(27)24-21(26-19(14)30)25-18(29)11(2)3/h5-8,10-11,13,15-16,20,28H,4,9H2,1-3H3,(H2,24,25,26,29,30)/t13-,15?,16+,20-/m1/s1. The van der Waals surface area contributed by atoms with E-state index >= 15 is 0 Å². The summed E-state index contributed by atoms with van der Waals surface area (Å²) in [6.07, 6.45) is 0.784. The largest absolute Gasteiger partial charge is 0.388 e. The molecule has 3 aromatic heterocycles. The molecule has 1 fully saturated rings. The number of hydrogen-bond donors (Lipinski definition) is 3. The molecular formula is C21H26N6O5. The number of imidazole rings is 1. The number of carbonyl (C=O) groups is 1. The summed E-state index contributed by atoms with van der Waals surface area (Å²) in [5.74, 6) is -0.558. The van der Waals surface area contributed by atoms with E-state index in [-0.39, 0.29) is 35.5 Å². The van der Waals surface area contributed by atoms with Crippen LogP contribution in [0.25, 0.3) is 11.2 Å². The van der Waals surface area contributed by atoms with E-state index in [4.69, 9.17) is 9.47 Å². The van der Waals surface area contributed by atoms with Gasteiger partial charge in [-0.1, -0.05) is 26.8 Å². The Kier molecular flexibility index (Phi) is 6.31. The number of aliphatic hydroxyl groups excluding tert-OH is 1. The molecule has 32 heavy (non-hydrogen) atoms. The third kappa shape index (κ3) is 4.27. The molecule has 4 atom stereocenters. The minimum absolute atomic E-state index is 0.0134. The zero-order valence-corrected chi connectivity index (χ0v) is 18.1. The molecule has 0 radical (unpaired) electrons. The predicted molar refractivity (Wildman–Crippen MR) is 115 cm³/mol. The number of H-pyrrole nitrogens is 1. The number of aliphatic hydroxyl groups is 1. The van der Waals surface area contributed by atoms with Crippen molar-refractivity contribution in [3.05, 3.63) is 46.8 Å². The van der Waals surface area contributed by atoms with Crippen molar-refractivity contribution in [1.82, 2.24) is 24.5 Å². The SMILES string of the molecule is CC[C@H]1O[C@@H](n2cnc3c(=O)[nH]c(NC(=O)C(C)C)nc32)[C@@H](OCc2ccccn2)C1O. The topological polar surface area (TPSA) is 144 Å². The van der Waals surface area contributed by atoms with E-state index in [9.17, 15) is 14.7 Å². The summed E-state index contributed by atoms with van der Waals surface area (Å²) in [5, 5.41) is 13.4. The summed E-state index contributed by atoms with van der Waals surface area (Å²) in [5.41, 5.74) is 0.522. The fourth-order valence-corrected chi connectivity index (χ4v) is 3.56. The van der Waals surface area contributed by atoms with Crippen molar-refractivity contribution in [2.75, 3.05) is 5.32 Å². The highest BCUT2D eigenvalue weighted by Gasteiger charge is 2.45. The van der Waals surface area contributed by atoms with Gasteiger partial charge in [-0.05, 0) is 18.6 Å². The highest BCUT2D eigenvalue weighted by Crippen LogP contribution is 2.35. The van der Waals surface area contributed by atoms with Crippen LogP contribution in [0.5, 0.6) is 0 Å². The summed E-state index contributed by atoms with van der Waals surface area (Å²) >= 11 is 0. The van der Waals surface area contributed by atoms with Crippen molar-refractivity contribution in [1.29, 1.82) is 0 Å². The average molecular weight is 442 g/mol. The van der Waals surface area contributed by atoms with Gasteiger partial charge in [0.05, 0.1) is 24.7 Å². The van der Waals surface area contributed by atoms with Crippen molar-refractivity contribution in [2.45, 2.75) is 58.3 Å². The number of amides is 1. The molecule has 4 heterocycles. The Morgan fingerprint density at radius 2 is 2.19 bits per heavy atom. The van der Waals surface area contributed by atoms with Crippen molar-refractivity contribution in [2.24, 2.45) is 5.92 Å². The molecule has 0 bridgehead atoms. The Bertz CT molecular complexity index is 1140. The molecule has 3 N–H and O–H groups in total. The Balaban J connectivity index is 1.67. The first-order valence-corrected chi connectivity index (χ1v) is 10.5. The summed E-state index contributed by atoms with van der Waals surface area (Å²) in [6.45, 7) is 5.55. The van der Waals surface area contributed by atoms with Crippen LogP contribution in [0, 0.1) is 5.92 Å². The van der Waals surface area contributed by atoms with Crippen molar-refractivity contribution in [3.8, 4) is 0 Å². The van der Waals surface area contributed by atoms with Gasteiger partial charge in [0.15, 0.2) is 17.4 Å². The Hall–Kier alpha value is -3.15. The third-order valence-electron chi connectivity index (χ3n) is 5.34. The lowest BCUT2D eigenvalue weighted by molar-refractivity contribution is -0.118. The van der Waals surface area contributed by atoms with E-state index in [1.165, 1.54) is 6.33 Å². The molecule has 1 aliphatic rings. The van der Waals surface area contributed by atoms with Crippen LogP contribution in [0.2, 0.25) is 0 Å². The zero-order valence-electron chi connectivity index (χ0n) is 18.1. The maximum absolute atomic E-state index is 12.5. The van der Waals surface area contributed by atoms with Gasteiger partial charge in [-0.25, -0.2) is 4.98 Å². The number of hydrogen-bond acceptors (Lipinski definition) is 8. The number of rotatable bonds is 7. The number of aromatic nitrogens is 5. The number of pyridine rings is 1. The molecule has 0 spiro atoms. The van der Waals surface area contributed by atoms with E-state index in [2.05, 4.69) is 25.3 Å². The van der Waals surface area contributed by atoms with E-state index in [0.29, 0.717) is 12.1 Å². The molecule has 1 saturated heterocycles. The average Bonchev–Trinajstić information content (AvgIpc) is 3.33. The first-order valence-electron chi connectivity index (χ1n) is 10.5.